The largest absolute Gasteiger partial charge is 0.443 e. The molecule has 1 atom stereocenters. The minimum absolute atomic E-state index is 0.138. The third kappa shape index (κ3) is 4.33. The number of alkyl halides is 1. The van der Waals surface area contributed by atoms with Gasteiger partial charge in [0.2, 0.25) is 0 Å². The molecule has 0 spiro atoms. The lowest BCUT2D eigenvalue weighted by Gasteiger charge is -2.26. The molecule has 6 heteroatoms. The Morgan fingerprint density at radius 1 is 1.46 bits per heavy atom. The average Bonchev–Trinajstić information content (AvgIpc) is 2.74. The molecule has 134 valence electrons. The third-order valence-electron chi connectivity index (χ3n) is 3.90. The predicted molar refractivity (Wildman–Crippen MR) is 98.3 cm³/mol. The lowest BCUT2D eigenvalue weighted by Crippen LogP contribution is -2.38. The second-order valence-corrected chi connectivity index (χ2v) is 8.18. The van der Waals surface area contributed by atoms with Crippen LogP contribution in [-0.2, 0) is 10.2 Å². The summed E-state index contributed by atoms with van der Waals surface area (Å²) in [6.07, 6.45) is -0.953. The second kappa shape index (κ2) is 6.81. The van der Waals surface area contributed by atoms with Crippen molar-refractivity contribution in [1.29, 1.82) is 0 Å². The summed E-state index contributed by atoms with van der Waals surface area (Å²) in [7, 11) is 0. The van der Waals surface area contributed by atoms with Crippen LogP contribution in [0.15, 0.2) is 18.2 Å². The van der Waals surface area contributed by atoms with E-state index in [1.807, 2.05) is 39.0 Å². The molecule has 5 nitrogen and oxygen atoms in total. The molecular weight excluding hydrogens is 328 g/mol. The zero-order chi connectivity index (χ0) is 18.1. The van der Waals surface area contributed by atoms with E-state index in [1.165, 1.54) is 0 Å². The number of nitrogens with one attached hydrogen (secondary N) is 1. The van der Waals surface area contributed by atoms with Crippen molar-refractivity contribution in [1.82, 2.24) is 0 Å². The van der Waals surface area contributed by atoms with E-state index in [-0.39, 0.29) is 17.4 Å². The molecule has 2 rings (SSSR count). The zero-order valence-electron chi connectivity index (χ0n) is 15.0. The highest BCUT2D eigenvalue weighted by Crippen LogP contribution is 2.42. The van der Waals surface area contributed by atoms with Crippen LogP contribution in [0.3, 0.4) is 0 Å². The van der Waals surface area contributed by atoms with Gasteiger partial charge in [0.1, 0.15) is 5.60 Å². The predicted octanol–water partition coefficient (Wildman–Crippen LogP) is 3.73. The van der Waals surface area contributed by atoms with Crippen LogP contribution >= 0.6 is 11.6 Å². The van der Waals surface area contributed by atoms with E-state index in [2.05, 4.69) is 19.2 Å². The van der Waals surface area contributed by atoms with Gasteiger partial charge in [0.15, 0.2) is 0 Å². The molecule has 0 saturated carbocycles. The summed E-state index contributed by atoms with van der Waals surface area (Å²) >= 11 is 5.62. The van der Waals surface area contributed by atoms with E-state index in [0.717, 1.165) is 16.9 Å². The Morgan fingerprint density at radius 2 is 2.12 bits per heavy atom. The van der Waals surface area contributed by atoms with Crippen LogP contribution in [0, 0.1) is 0 Å². The van der Waals surface area contributed by atoms with Gasteiger partial charge in [-0.15, -0.1) is 11.6 Å². The first-order valence-electron chi connectivity index (χ1n) is 8.16. The van der Waals surface area contributed by atoms with Crippen molar-refractivity contribution in [2.45, 2.75) is 51.7 Å². The summed E-state index contributed by atoms with van der Waals surface area (Å²) in [4.78, 5) is 14.2. The maximum atomic E-state index is 12.6. The fourth-order valence-electron chi connectivity index (χ4n) is 2.77. The van der Waals surface area contributed by atoms with E-state index in [9.17, 15) is 9.90 Å². The molecule has 1 aromatic carbocycles. The van der Waals surface area contributed by atoms with Crippen LogP contribution in [-0.4, -0.2) is 41.9 Å². The molecule has 1 heterocycles. The Balaban J connectivity index is 2.26. The molecule has 0 fully saturated rings. The van der Waals surface area contributed by atoms with Crippen molar-refractivity contribution in [3.8, 4) is 0 Å². The summed E-state index contributed by atoms with van der Waals surface area (Å²) in [6.45, 7) is 10.7. The number of fused-ring (bicyclic) bond motifs is 1. The molecule has 2 N–H and O–H groups in total. The number of rotatable bonds is 4. The quantitative estimate of drug-likeness (QED) is 0.809. The average molecular weight is 355 g/mol. The number of aliphatic hydroxyl groups excluding tert-OH is 1. The van der Waals surface area contributed by atoms with Crippen LogP contribution in [0.2, 0.25) is 0 Å². The Labute approximate surface area is 148 Å². The van der Waals surface area contributed by atoms with Gasteiger partial charge in [0, 0.05) is 24.2 Å². The highest BCUT2D eigenvalue weighted by molar-refractivity contribution is 6.18. The van der Waals surface area contributed by atoms with Gasteiger partial charge in [0.05, 0.1) is 17.7 Å². The first-order valence-corrected chi connectivity index (χ1v) is 8.70. The SMILES string of the molecule is CC(C)(C)OC(=O)N1CC(C)(C)c2ccc(NCC(O)CCl)cc21. The van der Waals surface area contributed by atoms with Gasteiger partial charge in [-0.05, 0) is 38.5 Å². The number of carbonyl (C=O) groups is 1. The number of anilines is 2. The van der Waals surface area contributed by atoms with Crippen molar-refractivity contribution in [3.63, 3.8) is 0 Å². The molecule has 1 unspecified atom stereocenters. The van der Waals surface area contributed by atoms with Gasteiger partial charge in [-0.25, -0.2) is 4.79 Å². The molecule has 1 amide bonds. The zero-order valence-corrected chi connectivity index (χ0v) is 15.8. The molecule has 1 aromatic rings. The van der Waals surface area contributed by atoms with Gasteiger partial charge in [0.25, 0.3) is 0 Å². The maximum Gasteiger partial charge on any atom is 0.414 e. The second-order valence-electron chi connectivity index (χ2n) is 7.87. The van der Waals surface area contributed by atoms with E-state index in [4.69, 9.17) is 16.3 Å². The number of ether oxygens (including phenoxy) is 1. The van der Waals surface area contributed by atoms with Crippen molar-refractivity contribution < 1.29 is 14.6 Å². The smallest absolute Gasteiger partial charge is 0.414 e. The van der Waals surface area contributed by atoms with Crippen molar-refractivity contribution in [3.05, 3.63) is 23.8 Å². The van der Waals surface area contributed by atoms with Gasteiger partial charge >= 0.3 is 6.09 Å². The topological polar surface area (TPSA) is 61.8 Å². The van der Waals surface area contributed by atoms with E-state index in [0.29, 0.717) is 13.1 Å². The Morgan fingerprint density at radius 3 is 2.71 bits per heavy atom. The van der Waals surface area contributed by atoms with Crippen molar-refractivity contribution in [2.75, 3.05) is 29.2 Å². The van der Waals surface area contributed by atoms with Gasteiger partial charge < -0.3 is 15.2 Å². The fraction of sp³-hybridized carbons (Fsp3) is 0.611. The first kappa shape index (κ1) is 18.9. The molecule has 0 saturated heterocycles. The van der Waals surface area contributed by atoms with Crippen LogP contribution in [0.25, 0.3) is 0 Å². The summed E-state index contributed by atoms with van der Waals surface area (Å²) in [6, 6.07) is 5.91. The van der Waals surface area contributed by atoms with E-state index >= 15 is 0 Å². The first-order chi connectivity index (χ1) is 11.0. The monoisotopic (exact) mass is 354 g/mol. The minimum atomic E-state index is -0.613. The summed E-state index contributed by atoms with van der Waals surface area (Å²) in [5.74, 6) is 0.176. The molecular formula is C18H27ClN2O3. The molecule has 1 aliphatic heterocycles. The Hall–Kier alpha value is -1.46. The third-order valence-corrected chi connectivity index (χ3v) is 4.26. The lowest BCUT2D eigenvalue weighted by atomic mass is 9.87. The number of aliphatic hydroxyl groups is 1. The molecule has 0 aliphatic carbocycles. The summed E-state index contributed by atoms with van der Waals surface area (Å²) < 4.78 is 5.54. The number of halogens is 1. The normalized spacial score (nSPS) is 17.4. The van der Waals surface area contributed by atoms with Crippen LogP contribution < -0.4 is 10.2 Å². The van der Waals surface area contributed by atoms with Gasteiger partial charge in [-0.1, -0.05) is 19.9 Å². The number of carbonyl (C=O) groups excluding carboxylic acids is 1. The fourth-order valence-corrected chi connectivity index (χ4v) is 2.88. The standard InChI is InChI=1S/C18H27ClN2O3/c1-17(2,3)24-16(23)21-11-18(4,5)14-7-6-12(8-15(14)21)20-10-13(22)9-19/h6-8,13,20,22H,9-11H2,1-5H3. The number of benzene rings is 1. The molecule has 24 heavy (non-hydrogen) atoms. The highest BCUT2D eigenvalue weighted by Gasteiger charge is 2.39. The van der Waals surface area contributed by atoms with Gasteiger partial charge in [-0.3, -0.25) is 4.90 Å². The van der Waals surface area contributed by atoms with E-state index in [1.54, 1.807) is 4.90 Å². The minimum Gasteiger partial charge on any atom is -0.443 e. The van der Waals surface area contributed by atoms with Gasteiger partial charge in [-0.2, -0.15) is 0 Å². The van der Waals surface area contributed by atoms with Crippen LogP contribution in [0.4, 0.5) is 16.2 Å². The molecule has 0 aromatic heterocycles. The van der Waals surface area contributed by atoms with Crippen LogP contribution in [0.5, 0.6) is 0 Å². The Bertz CT molecular complexity index is 611. The Kier molecular flexibility index (Phi) is 5.35. The van der Waals surface area contributed by atoms with Crippen molar-refractivity contribution >= 4 is 29.1 Å². The maximum absolute atomic E-state index is 12.6. The number of hydrogen-bond acceptors (Lipinski definition) is 4. The lowest BCUT2D eigenvalue weighted by molar-refractivity contribution is 0.0579. The number of nitrogens with zero attached hydrogens (tertiary/aromatic N) is 1. The van der Waals surface area contributed by atoms with E-state index < -0.39 is 11.7 Å². The summed E-state index contributed by atoms with van der Waals surface area (Å²) in [5, 5.41) is 12.7. The molecule has 1 aliphatic rings. The molecule has 0 bridgehead atoms. The number of hydrogen-bond donors (Lipinski definition) is 2. The van der Waals surface area contributed by atoms with Crippen molar-refractivity contribution in [2.24, 2.45) is 0 Å². The van der Waals surface area contributed by atoms with Crippen LogP contribution in [0.1, 0.15) is 40.2 Å². The summed E-state index contributed by atoms with van der Waals surface area (Å²) in [5.41, 5.74) is 2.12. The highest BCUT2D eigenvalue weighted by atomic mass is 35.5. The molecule has 0 radical (unpaired) electrons. The number of amides is 1.